The molecule has 1 spiro atoms. The van der Waals surface area contributed by atoms with E-state index in [1.807, 2.05) is 19.2 Å². The van der Waals surface area contributed by atoms with E-state index >= 15 is 0 Å². The predicted molar refractivity (Wildman–Crippen MR) is 111 cm³/mol. The normalized spacial score (nSPS) is 23.2. The smallest absolute Gasteiger partial charge is 0.147 e. The van der Waals surface area contributed by atoms with Gasteiger partial charge in [0, 0.05) is 30.9 Å². The molecule has 2 N–H and O–H groups in total. The molecule has 2 aromatic heterocycles. The molecule has 2 aromatic rings. The van der Waals surface area contributed by atoms with Crippen LogP contribution in [-0.4, -0.2) is 39.8 Å². The van der Waals surface area contributed by atoms with E-state index in [2.05, 4.69) is 14.9 Å². The van der Waals surface area contributed by atoms with Crippen LogP contribution in [0.2, 0.25) is 5.02 Å². The van der Waals surface area contributed by atoms with E-state index in [0.717, 1.165) is 60.1 Å². The van der Waals surface area contributed by atoms with Crippen molar-refractivity contribution in [1.82, 2.24) is 15.0 Å². The predicted octanol–water partition coefficient (Wildman–Crippen LogP) is 3.28. The molecule has 2 fully saturated rings. The second kappa shape index (κ2) is 6.78. The van der Waals surface area contributed by atoms with E-state index in [0.29, 0.717) is 23.0 Å². The first-order valence-electron chi connectivity index (χ1n) is 10.1. The summed E-state index contributed by atoms with van der Waals surface area (Å²) < 4.78 is 0. The summed E-state index contributed by atoms with van der Waals surface area (Å²) in [5.74, 6) is 0.952. The van der Waals surface area contributed by atoms with Crippen LogP contribution in [0.15, 0.2) is 23.5 Å². The molecule has 6 nitrogen and oxygen atoms in total. The molecule has 0 amide bonds. The van der Waals surface area contributed by atoms with Crippen molar-refractivity contribution >= 4 is 23.1 Å². The Hall–Kier alpha value is -2.05. The Balaban J connectivity index is 1.36. The number of aromatic nitrogens is 3. The number of anilines is 1. The first-order valence-corrected chi connectivity index (χ1v) is 10.5. The number of fused-ring (bicyclic) bond motifs is 1. The summed E-state index contributed by atoms with van der Waals surface area (Å²) in [5.41, 5.74) is 11.0. The van der Waals surface area contributed by atoms with Crippen molar-refractivity contribution in [1.29, 1.82) is 0 Å². The summed E-state index contributed by atoms with van der Waals surface area (Å²) in [5, 5.41) is 0.634. The molecular weight excluding hydrogens is 372 g/mol. The minimum atomic E-state index is 0.354. The highest BCUT2D eigenvalue weighted by atomic mass is 35.5. The van der Waals surface area contributed by atoms with Gasteiger partial charge in [0.05, 0.1) is 34.9 Å². The monoisotopic (exact) mass is 396 g/mol. The number of nitrogens with two attached hydrogens (primary N) is 1. The maximum Gasteiger partial charge on any atom is 0.147 e. The molecule has 0 bridgehead atoms. The Bertz CT molecular complexity index is 948. The van der Waals surface area contributed by atoms with Crippen molar-refractivity contribution in [2.75, 3.05) is 18.0 Å². The van der Waals surface area contributed by atoms with Crippen LogP contribution in [0.3, 0.4) is 0 Å². The highest BCUT2D eigenvalue weighted by Crippen LogP contribution is 2.45. The van der Waals surface area contributed by atoms with Crippen LogP contribution in [0.1, 0.15) is 54.7 Å². The van der Waals surface area contributed by atoms with Gasteiger partial charge >= 0.3 is 0 Å². The van der Waals surface area contributed by atoms with Gasteiger partial charge in [-0.25, -0.2) is 9.97 Å². The number of piperidine rings is 1. The van der Waals surface area contributed by atoms with E-state index in [4.69, 9.17) is 27.3 Å². The molecule has 5 rings (SSSR count). The largest absolute Gasteiger partial charge is 0.355 e. The molecule has 0 unspecified atom stereocenters. The number of pyridine rings is 1. The first kappa shape index (κ1) is 18.0. The van der Waals surface area contributed by atoms with Crippen molar-refractivity contribution in [2.45, 2.75) is 51.6 Å². The zero-order chi connectivity index (χ0) is 19.3. The first-order chi connectivity index (χ1) is 13.6. The Morgan fingerprint density at radius 3 is 2.79 bits per heavy atom. The second-order valence-corrected chi connectivity index (χ2v) is 8.67. The number of aryl methyl sites for hydroxylation is 1. The number of hydrogen-bond donors (Lipinski definition) is 1. The maximum atomic E-state index is 6.45. The van der Waals surface area contributed by atoms with E-state index < -0.39 is 0 Å². The zero-order valence-corrected chi connectivity index (χ0v) is 16.9. The molecule has 1 aliphatic carbocycles. The minimum absolute atomic E-state index is 0.354. The van der Waals surface area contributed by atoms with Gasteiger partial charge in [0.1, 0.15) is 11.5 Å². The van der Waals surface area contributed by atoms with Gasteiger partial charge in [-0.2, -0.15) is 0 Å². The van der Waals surface area contributed by atoms with Crippen molar-refractivity contribution in [3.8, 4) is 0 Å². The van der Waals surface area contributed by atoms with Gasteiger partial charge in [0.2, 0.25) is 0 Å². The topological polar surface area (TPSA) is 80.3 Å². The fraction of sp³-hybridized carbons (Fsp3) is 0.524. The summed E-state index contributed by atoms with van der Waals surface area (Å²) in [6.45, 7) is 4.46. The lowest BCUT2D eigenvalue weighted by Gasteiger charge is -2.42. The molecule has 3 aliphatic rings. The van der Waals surface area contributed by atoms with Crippen LogP contribution in [0, 0.1) is 12.3 Å². The molecule has 4 heterocycles. The van der Waals surface area contributed by atoms with Crippen LogP contribution in [0.5, 0.6) is 0 Å². The lowest BCUT2D eigenvalue weighted by Crippen LogP contribution is -2.47. The summed E-state index contributed by atoms with van der Waals surface area (Å²) in [6, 6.07) is 2.26. The van der Waals surface area contributed by atoms with Gasteiger partial charge in [0.25, 0.3) is 0 Å². The van der Waals surface area contributed by atoms with Gasteiger partial charge in [0.15, 0.2) is 0 Å². The van der Waals surface area contributed by atoms with E-state index in [1.165, 1.54) is 19.3 Å². The number of halogens is 1. The van der Waals surface area contributed by atoms with Gasteiger partial charge < -0.3 is 10.6 Å². The molecule has 28 heavy (non-hydrogen) atoms. The Labute approximate surface area is 170 Å². The molecule has 1 atom stereocenters. The average Bonchev–Trinajstić information content (AvgIpc) is 3.28. The second-order valence-electron chi connectivity index (χ2n) is 8.29. The fourth-order valence-corrected chi connectivity index (χ4v) is 5.22. The minimum Gasteiger partial charge on any atom is -0.355 e. The quantitative estimate of drug-likeness (QED) is 0.842. The Morgan fingerprint density at radius 1 is 1.21 bits per heavy atom. The van der Waals surface area contributed by atoms with Gasteiger partial charge in [-0.3, -0.25) is 9.98 Å². The molecular formula is C21H25ClN6. The third kappa shape index (κ3) is 2.81. The third-order valence-corrected chi connectivity index (χ3v) is 7.30. The van der Waals surface area contributed by atoms with Crippen molar-refractivity contribution in [2.24, 2.45) is 16.1 Å². The molecule has 2 aliphatic heterocycles. The summed E-state index contributed by atoms with van der Waals surface area (Å²) >= 11 is 6.45. The fourth-order valence-electron chi connectivity index (χ4n) is 5.02. The van der Waals surface area contributed by atoms with Crippen LogP contribution in [0.4, 0.5) is 5.82 Å². The highest BCUT2D eigenvalue weighted by molar-refractivity contribution is 6.36. The van der Waals surface area contributed by atoms with Gasteiger partial charge in [-0.1, -0.05) is 18.0 Å². The van der Waals surface area contributed by atoms with Crippen LogP contribution < -0.4 is 10.6 Å². The number of hydrogen-bond acceptors (Lipinski definition) is 6. The summed E-state index contributed by atoms with van der Waals surface area (Å²) in [6.07, 6.45) is 9.68. The molecule has 1 saturated heterocycles. The number of rotatable bonds is 2. The Kier molecular flexibility index (Phi) is 4.36. The van der Waals surface area contributed by atoms with E-state index in [9.17, 15) is 0 Å². The molecule has 0 radical (unpaired) electrons. The molecule has 146 valence electrons. The summed E-state index contributed by atoms with van der Waals surface area (Å²) in [7, 11) is 0. The van der Waals surface area contributed by atoms with Crippen molar-refractivity contribution in [3.63, 3.8) is 0 Å². The Morgan fingerprint density at radius 2 is 2.04 bits per heavy atom. The number of aliphatic imine (C=N–C) groups is 1. The van der Waals surface area contributed by atoms with Crippen LogP contribution in [0.25, 0.3) is 0 Å². The van der Waals surface area contributed by atoms with Gasteiger partial charge in [-0.15, -0.1) is 0 Å². The SMILES string of the molecule is Cc1nccc(C2=NCc3nc(N4CCC5(CCC[C@H]5N)CC4)cnc32)c1Cl. The van der Waals surface area contributed by atoms with Crippen molar-refractivity contribution in [3.05, 3.63) is 46.1 Å². The highest BCUT2D eigenvalue weighted by Gasteiger charge is 2.43. The lowest BCUT2D eigenvalue weighted by atomic mass is 9.74. The maximum absolute atomic E-state index is 6.45. The average molecular weight is 397 g/mol. The molecule has 7 heteroatoms. The summed E-state index contributed by atoms with van der Waals surface area (Å²) in [4.78, 5) is 20.9. The number of nitrogens with zero attached hydrogens (tertiary/aromatic N) is 5. The zero-order valence-electron chi connectivity index (χ0n) is 16.2. The van der Waals surface area contributed by atoms with Crippen molar-refractivity contribution < 1.29 is 0 Å². The third-order valence-electron chi connectivity index (χ3n) is 6.82. The van der Waals surface area contributed by atoms with E-state index in [-0.39, 0.29) is 0 Å². The lowest BCUT2D eigenvalue weighted by molar-refractivity contribution is 0.197. The van der Waals surface area contributed by atoms with E-state index in [1.54, 1.807) is 6.20 Å². The standard InChI is InChI=1S/C21H25ClN6/c1-13-18(22)14(4-8-24-13)19-20-15(11-25-19)27-17(12-26-20)28-9-6-21(7-10-28)5-2-3-16(21)23/h4,8,12,16H,2-3,5-7,9-11,23H2,1H3/t16-/m1/s1. The molecule has 0 aromatic carbocycles. The van der Waals surface area contributed by atoms with Crippen LogP contribution in [-0.2, 0) is 6.54 Å². The van der Waals surface area contributed by atoms with Gasteiger partial charge in [-0.05, 0) is 44.1 Å². The van der Waals surface area contributed by atoms with Crippen LogP contribution >= 0.6 is 11.6 Å². The molecule has 1 saturated carbocycles.